The molecule has 0 aliphatic carbocycles. The fraction of sp³-hybridized carbons (Fsp3) is 0.438. The molecule has 0 fully saturated rings. The van der Waals surface area contributed by atoms with Crippen molar-refractivity contribution in [3.05, 3.63) is 46.4 Å². The Labute approximate surface area is 141 Å². The van der Waals surface area contributed by atoms with Crippen molar-refractivity contribution >= 4 is 15.8 Å². The van der Waals surface area contributed by atoms with Crippen LogP contribution in [0.15, 0.2) is 35.1 Å². The van der Waals surface area contributed by atoms with Crippen LogP contribution in [0.4, 0.5) is 5.69 Å². The van der Waals surface area contributed by atoms with Crippen molar-refractivity contribution in [2.24, 2.45) is 13.0 Å². The summed E-state index contributed by atoms with van der Waals surface area (Å²) in [7, 11) is -2.51. The van der Waals surface area contributed by atoms with E-state index in [2.05, 4.69) is 0 Å². The van der Waals surface area contributed by atoms with Crippen LogP contribution in [0.2, 0.25) is 0 Å². The van der Waals surface area contributed by atoms with Crippen LogP contribution in [0, 0.1) is 12.8 Å². The zero-order valence-corrected chi connectivity index (χ0v) is 15.1. The molecule has 0 amide bonds. The fourth-order valence-corrected chi connectivity index (χ4v) is 3.39. The molecule has 24 heavy (non-hydrogen) atoms. The summed E-state index contributed by atoms with van der Waals surface area (Å²) in [5.74, 6) is -0.490. The van der Waals surface area contributed by atoms with Gasteiger partial charge in [-0.3, -0.25) is 14.0 Å². The van der Waals surface area contributed by atoms with Gasteiger partial charge in [-0.05, 0) is 25.0 Å². The Morgan fingerprint density at radius 2 is 1.79 bits per heavy atom. The first kappa shape index (κ1) is 18.3. The number of nitrogens with zero attached hydrogens (tertiary/aromatic N) is 3. The van der Waals surface area contributed by atoms with Crippen LogP contribution >= 0.6 is 0 Å². The minimum atomic E-state index is -4.25. The molecule has 0 spiro atoms. The van der Waals surface area contributed by atoms with Crippen LogP contribution in [0.1, 0.15) is 19.5 Å². The summed E-state index contributed by atoms with van der Waals surface area (Å²) in [5.41, 5.74) is 1.29. The monoisotopic (exact) mass is 353 g/mol. The summed E-state index contributed by atoms with van der Waals surface area (Å²) in [6.07, 6.45) is 0. The summed E-state index contributed by atoms with van der Waals surface area (Å²) in [6.45, 7) is 5.94. The molecule has 1 aromatic carbocycles. The topological polar surface area (TPSA) is 84.5 Å². The van der Waals surface area contributed by atoms with E-state index in [1.807, 2.05) is 32.0 Å². The molecule has 0 saturated carbocycles. The van der Waals surface area contributed by atoms with E-state index in [9.17, 15) is 17.8 Å². The van der Waals surface area contributed by atoms with E-state index < -0.39 is 16.0 Å². The molecule has 0 aliphatic heterocycles. The third kappa shape index (κ3) is 3.88. The van der Waals surface area contributed by atoms with Gasteiger partial charge in [-0.2, -0.15) is 8.42 Å². The van der Waals surface area contributed by atoms with Crippen LogP contribution in [0.3, 0.4) is 0 Å². The van der Waals surface area contributed by atoms with E-state index in [1.165, 1.54) is 9.58 Å². The smallest absolute Gasteiger partial charge is 0.295 e. The number of anilines is 1. The van der Waals surface area contributed by atoms with Gasteiger partial charge < -0.3 is 4.90 Å². The van der Waals surface area contributed by atoms with E-state index in [0.717, 1.165) is 0 Å². The van der Waals surface area contributed by atoms with Gasteiger partial charge in [0, 0.05) is 13.6 Å². The molecule has 1 heterocycles. The highest BCUT2D eigenvalue weighted by atomic mass is 32.2. The van der Waals surface area contributed by atoms with Gasteiger partial charge in [-0.15, -0.1) is 0 Å². The quantitative estimate of drug-likeness (QED) is 0.801. The summed E-state index contributed by atoms with van der Waals surface area (Å²) in [6, 6.07) is 9.12. The first-order valence-electron chi connectivity index (χ1n) is 7.66. The third-order valence-electron chi connectivity index (χ3n) is 3.74. The van der Waals surface area contributed by atoms with Gasteiger partial charge in [0.05, 0.1) is 11.4 Å². The normalized spacial score (nSPS) is 11.9. The van der Waals surface area contributed by atoms with Crippen LogP contribution < -0.4 is 10.5 Å². The first-order chi connectivity index (χ1) is 11.1. The van der Waals surface area contributed by atoms with E-state index in [1.54, 1.807) is 30.8 Å². The van der Waals surface area contributed by atoms with E-state index in [-0.39, 0.29) is 17.2 Å². The zero-order valence-electron chi connectivity index (χ0n) is 14.3. The highest BCUT2D eigenvalue weighted by Crippen LogP contribution is 2.20. The second-order valence-corrected chi connectivity index (χ2v) is 7.66. The fourth-order valence-electron chi connectivity index (χ4n) is 2.76. The minimum Gasteiger partial charge on any atom is -0.349 e. The number of aromatic nitrogens is 2. The number of para-hydroxylation sites is 1. The maximum atomic E-state index is 12.9. The van der Waals surface area contributed by atoms with Crippen LogP contribution in [0.25, 0.3) is 5.69 Å². The van der Waals surface area contributed by atoms with Crippen LogP contribution in [-0.2, 0) is 17.2 Å². The molecule has 0 bridgehead atoms. The average Bonchev–Trinajstić information content (AvgIpc) is 2.67. The molecule has 1 aromatic heterocycles. The molecule has 2 aromatic rings. The molecule has 7 nitrogen and oxygen atoms in total. The molecule has 8 heteroatoms. The van der Waals surface area contributed by atoms with Crippen molar-refractivity contribution in [3.8, 4) is 5.69 Å². The summed E-state index contributed by atoms with van der Waals surface area (Å²) in [4.78, 5) is 14.4. The largest absolute Gasteiger partial charge is 0.349 e. The third-order valence-corrected chi connectivity index (χ3v) is 4.38. The van der Waals surface area contributed by atoms with Gasteiger partial charge in [0.15, 0.2) is 0 Å². The molecule has 0 atom stereocenters. The molecule has 132 valence electrons. The number of rotatable bonds is 6. The van der Waals surface area contributed by atoms with E-state index in [4.69, 9.17) is 0 Å². The Hall–Kier alpha value is -2.06. The van der Waals surface area contributed by atoms with Gasteiger partial charge in [0.2, 0.25) is 0 Å². The number of hydrogen-bond donors (Lipinski definition) is 1. The van der Waals surface area contributed by atoms with Gasteiger partial charge in [0.25, 0.3) is 15.7 Å². The van der Waals surface area contributed by atoms with Crippen molar-refractivity contribution in [1.82, 2.24) is 9.36 Å². The Bertz CT molecular complexity index is 867. The van der Waals surface area contributed by atoms with Gasteiger partial charge in [-0.25, -0.2) is 4.68 Å². The predicted octanol–water partition coefficient (Wildman–Crippen LogP) is 1.79. The summed E-state index contributed by atoms with van der Waals surface area (Å²) in [5, 5.41) is 0. The van der Waals surface area contributed by atoms with Gasteiger partial charge in [-0.1, -0.05) is 32.0 Å². The van der Waals surface area contributed by atoms with Gasteiger partial charge >= 0.3 is 0 Å². The highest BCUT2D eigenvalue weighted by Gasteiger charge is 2.25. The second-order valence-electron chi connectivity index (χ2n) is 6.24. The van der Waals surface area contributed by atoms with Crippen molar-refractivity contribution < 1.29 is 13.0 Å². The lowest BCUT2D eigenvalue weighted by Crippen LogP contribution is -2.36. The molecular formula is C16H23N3O4S. The molecule has 0 radical (unpaired) electrons. The lowest BCUT2D eigenvalue weighted by Gasteiger charge is -2.23. The lowest BCUT2D eigenvalue weighted by atomic mass is 10.2. The summed E-state index contributed by atoms with van der Waals surface area (Å²) >= 11 is 0. The molecule has 1 N–H and O–H groups in total. The van der Waals surface area contributed by atoms with Gasteiger partial charge in [0.1, 0.15) is 11.6 Å². The minimum absolute atomic E-state index is 0.121. The molecule has 0 aliphatic rings. The molecular weight excluding hydrogens is 330 g/mol. The Balaban J connectivity index is 2.62. The van der Waals surface area contributed by atoms with Crippen molar-refractivity contribution in [2.45, 2.75) is 20.8 Å². The van der Waals surface area contributed by atoms with Crippen molar-refractivity contribution in [3.63, 3.8) is 0 Å². The molecule has 0 saturated heterocycles. The molecule has 0 unspecified atom stereocenters. The molecule has 2 rings (SSSR count). The predicted molar refractivity (Wildman–Crippen MR) is 94.3 cm³/mol. The summed E-state index contributed by atoms with van der Waals surface area (Å²) < 4.78 is 35.2. The lowest BCUT2D eigenvalue weighted by molar-refractivity contribution is 0.479. The first-order valence-corrected chi connectivity index (χ1v) is 9.27. The second kappa shape index (κ2) is 6.82. The Morgan fingerprint density at radius 1 is 1.21 bits per heavy atom. The zero-order chi connectivity index (χ0) is 18.1. The van der Waals surface area contributed by atoms with E-state index >= 15 is 0 Å². The highest BCUT2D eigenvalue weighted by molar-refractivity contribution is 7.85. The number of hydrogen-bond acceptors (Lipinski definition) is 4. The van der Waals surface area contributed by atoms with Crippen LogP contribution in [-0.4, -0.2) is 34.8 Å². The van der Waals surface area contributed by atoms with Crippen LogP contribution in [0.5, 0.6) is 0 Å². The maximum absolute atomic E-state index is 12.9. The Morgan fingerprint density at radius 3 is 2.29 bits per heavy atom. The van der Waals surface area contributed by atoms with E-state index in [0.29, 0.717) is 17.9 Å². The Kier molecular flexibility index (Phi) is 5.19. The maximum Gasteiger partial charge on any atom is 0.295 e. The standard InChI is InChI=1S/C16H23N3O4S/c1-12(2)10-18(11-24(21,22)23)15-13(3)17(4)19(16(15)20)14-8-6-5-7-9-14/h5-9,12H,10-11H2,1-4H3,(H,21,22,23). The SMILES string of the molecule is Cc1c(N(CC(C)C)CS(=O)(=O)O)c(=O)n(-c2ccccc2)n1C. The van der Waals surface area contributed by atoms with Crippen molar-refractivity contribution in [1.29, 1.82) is 0 Å². The van der Waals surface area contributed by atoms with Crippen molar-refractivity contribution in [2.75, 3.05) is 17.3 Å². The average molecular weight is 353 g/mol. The number of benzene rings is 1.